The van der Waals surface area contributed by atoms with Crippen molar-refractivity contribution in [3.05, 3.63) is 0 Å². The highest BCUT2D eigenvalue weighted by Gasteiger charge is 2.27. The molecule has 2 N–H and O–H groups in total. The number of piperidine rings is 1. The molecule has 1 amide bonds. The van der Waals surface area contributed by atoms with Crippen molar-refractivity contribution in [2.24, 2.45) is 5.73 Å². The van der Waals surface area contributed by atoms with Gasteiger partial charge >= 0.3 is 0 Å². The van der Waals surface area contributed by atoms with Gasteiger partial charge in [-0.15, -0.1) is 0 Å². The lowest BCUT2D eigenvalue weighted by molar-refractivity contribution is -0.132. The number of nitrogens with zero attached hydrogens (tertiary/aromatic N) is 2. The molecule has 2 rings (SSSR count). The summed E-state index contributed by atoms with van der Waals surface area (Å²) >= 11 is 0. The summed E-state index contributed by atoms with van der Waals surface area (Å²) in [4.78, 5) is 16.5. The predicted molar refractivity (Wildman–Crippen MR) is 68.7 cm³/mol. The van der Waals surface area contributed by atoms with Gasteiger partial charge in [0.2, 0.25) is 5.91 Å². The van der Waals surface area contributed by atoms with Crippen LogP contribution in [-0.2, 0) is 4.79 Å². The van der Waals surface area contributed by atoms with Gasteiger partial charge in [-0.3, -0.25) is 4.79 Å². The second-order valence-corrected chi connectivity index (χ2v) is 5.25. The van der Waals surface area contributed by atoms with Crippen molar-refractivity contribution in [2.75, 3.05) is 32.7 Å². The zero-order chi connectivity index (χ0) is 12.1. The normalized spacial score (nSPS) is 23.2. The van der Waals surface area contributed by atoms with Gasteiger partial charge < -0.3 is 15.5 Å². The Labute approximate surface area is 104 Å². The Balaban J connectivity index is 1.71. The smallest absolute Gasteiger partial charge is 0.222 e. The average Bonchev–Trinajstić information content (AvgIpc) is 2.90. The standard InChI is InChI=1S/C13H25N3O/c14-7-3-4-13(17)16-10-5-12(6-11-16)15-8-1-2-9-15/h12H,1-11,14H2. The van der Waals surface area contributed by atoms with Crippen LogP contribution in [0.25, 0.3) is 0 Å². The molecule has 17 heavy (non-hydrogen) atoms. The first-order chi connectivity index (χ1) is 8.31. The Morgan fingerprint density at radius 3 is 2.35 bits per heavy atom. The van der Waals surface area contributed by atoms with Crippen LogP contribution in [0.2, 0.25) is 0 Å². The van der Waals surface area contributed by atoms with Gasteiger partial charge in [0.1, 0.15) is 0 Å². The Morgan fingerprint density at radius 1 is 1.12 bits per heavy atom. The molecule has 0 spiro atoms. The molecule has 0 aromatic carbocycles. The van der Waals surface area contributed by atoms with Crippen molar-refractivity contribution in [3.8, 4) is 0 Å². The lowest BCUT2D eigenvalue weighted by atomic mass is 10.0. The molecular formula is C13H25N3O. The highest BCUT2D eigenvalue weighted by Crippen LogP contribution is 2.21. The quantitative estimate of drug-likeness (QED) is 0.790. The van der Waals surface area contributed by atoms with Crippen LogP contribution in [0.15, 0.2) is 0 Å². The first-order valence-corrected chi connectivity index (χ1v) is 7.03. The molecule has 2 heterocycles. The molecule has 0 bridgehead atoms. The van der Waals surface area contributed by atoms with E-state index in [1.165, 1.54) is 25.9 Å². The molecule has 2 saturated heterocycles. The second kappa shape index (κ2) is 6.36. The molecule has 0 saturated carbocycles. The number of hydrogen-bond acceptors (Lipinski definition) is 3. The Kier molecular flexibility index (Phi) is 4.80. The Hall–Kier alpha value is -0.610. The minimum absolute atomic E-state index is 0.301. The van der Waals surface area contributed by atoms with Crippen LogP contribution in [0.1, 0.15) is 38.5 Å². The summed E-state index contributed by atoms with van der Waals surface area (Å²) in [6.07, 6.45) is 6.49. The van der Waals surface area contributed by atoms with E-state index >= 15 is 0 Å². The third kappa shape index (κ3) is 3.42. The van der Waals surface area contributed by atoms with Crippen LogP contribution >= 0.6 is 0 Å². The van der Waals surface area contributed by atoms with Gasteiger partial charge in [-0.1, -0.05) is 0 Å². The molecule has 0 unspecified atom stereocenters. The SMILES string of the molecule is NCCCC(=O)N1CCC(N2CCCC2)CC1. The van der Waals surface area contributed by atoms with E-state index in [2.05, 4.69) is 4.90 Å². The van der Waals surface area contributed by atoms with Gasteiger partial charge in [0.15, 0.2) is 0 Å². The number of likely N-dealkylation sites (tertiary alicyclic amines) is 2. The predicted octanol–water partition coefficient (Wildman–Crippen LogP) is 0.812. The maximum atomic E-state index is 11.8. The summed E-state index contributed by atoms with van der Waals surface area (Å²) < 4.78 is 0. The van der Waals surface area contributed by atoms with E-state index in [4.69, 9.17) is 5.73 Å². The number of amides is 1. The number of rotatable bonds is 4. The monoisotopic (exact) mass is 239 g/mol. The van der Waals surface area contributed by atoms with E-state index in [9.17, 15) is 4.79 Å². The van der Waals surface area contributed by atoms with Crippen LogP contribution in [-0.4, -0.2) is 54.5 Å². The molecule has 98 valence electrons. The van der Waals surface area contributed by atoms with Crippen molar-refractivity contribution < 1.29 is 4.79 Å². The Morgan fingerprint density at radius 2 is 1.76 bits per heavy atom. The first kappa shape index (κ1) is 12.8. The van der Waals surface area contributed by atoms with Crippen LogP contribution in [0.3, 0.4) is 0 Å². The summed E-state index contributed by atoms with van der Waals surface area (Å²) in [7, 11) is 0. The fourth-order valence-electron chi connectivity index (χ4n) is 3.00. The van der Waals surface area contributed by atoms with Gasteiger partial charge in [0, 0.05) is 25.6 Å². The number of carbonyl (C=O) groups is 1. The van der Waals surface area contributed by atoms with E-state index in [1.54, 1.807) is 0 Å². The average molecular weight is 239 g/mol. The van der Waals surface area contributed by atoms with Gasteiger partial charge in [0.25, 0.3) is 0 Å². The van der Waals surface area contributed by atoms with E-state index in [0.29, 0.717) is 18.9 Å². The fourth-order valence-corrected chi connectivity index (χ4v) is 3.00. The summed E-state index contributed by atoms with van der Waals surface area (Å²) in [5, 5.41) is 0. The second-order valence-electron chi connectivity index (χ2n) is 5.25. The van der Waals surface area contributed by atoms with Crippen molar-refractivity contribution >= 4 is 5.91 Å². The van der Waals surface area contributed by atoms with Crippen LogP contribution in [0, 0.1) is 0 Å². The van der Waals surface area contributed by atoms with Gasteiger partial charge in [-0.2, -0.15) is 0 Å². The number of carbonyl (C=O) groups excluding carboxylic acids is 1. The largest absolute Gasteiger partial charge is 0.343 e. The maximum absolute atomic E-state index is 11.8. The van der Waals surface area contributed by atoms with Crippen LogP contribution < -0.4 is 5.73 Å². The van der Waals surface area contributed by atoms with Crippen LogP contribution in [0.4, 0.5) is 0 Å². The van der Waals surface area contributed by atoms with Crippen molar-refractivity contribution in [1.82, 2.24) is 9.80 Å². The van der Waals surface area contributed by atoms with Crippen LogP contribution in [0.5, 0.6) is 0 Å². The number of hydrogen-bond donors (Lipinski definition) is 1. The van der Waals surface area contributed by atoms with Gasteiger partial charge in [-0.25, -0.2) is 0 Å². The molecule has 4 heteroatoms. The topological polar surface area (TPSA) is 49.6 Å². The van der Waals surface area contributed by atoms with E-state index in [0.717, 1.165) is 38.4 Å². The zero-order valence-corrected chi connectivity index (χ0v) is 10.7. The Bertz CT molecular complexity index is 243. The molecule has 0 radical (unpaired) electrons. The molecule has 0 atom stereocenters. The fraction of sp³-hybridized carbons (Fsp3) is 0.923. The molecule has 0 aliphatic carbocycles. The molecule has 2 fully saturated rings. The highest BCUT2D eigenvalue weighted by atomic mass is 16.2. The van der Waals surface area contributed by atoms with Crippen molar-refractivity contribution in [3.63, 3.8) is 0 Å². The minimum atomic E-state index is 0.301. The minimum Gasteiger partial charge on any atom is -0.343 e. The molecule has 4 nitrogen and oxygen atoms in total. The van der Waals surface area contributed by atoms with Gasteiger partial charge in [-0.05, 0) is 51.7 Å². The molecule has 2 aliphatic heterocycles. The van der Waals surface area contributed by atoms with Crippen molar-refractivity contribution in [1.29, 1.82) is 0 Å². The molecular weight excluding hydrogens is 214 g/mol. The third-order valence-electron chi connectivity index (χ3n) is 4.07. The summed E-state index contributed by atoms with van der Waals surface area (Å²) in [6, 6.07) is 0.732. The highest BCUT2D eigenvalue weighted by molar-refractivity contribution is 5.76. The summed E-state index contributed by atoms with van der Waals surface area (Å²) in [5.74, 6) is 0.301. The number of nitrogens with two attached hydrogens (primary N) is 1. The lowest BCUT2D eigenvalue weighted by Crippen LogP contribution is -2.45. The maximum Gasteiger partial charge on any atom is 0.222 e. The van der Waals surface area contributed by atoms with Gasteiger partial charge in [0.05, 0.1) is 0 Å². The molecule has 2 aliphatic rings. The summed E-state index contributed by atoms with van der Waals surface area (Å²) in [6.45, 7) is 5.06. The zero-order valence-electron chi connectivity index (χ0n) is 10.7. The van der Waals surface area contributed by atoms with E-state index in [1.807, 2.05) is 4.90 Å². The van der Waals surface area contributed by atoms with E-state index < -0.39 is 0 Å². The summed E-state index contributed by atoms with van der Waals surface area (Å²) in [5.41, 5.74) is 5.43. The third-order valence-corrected chi connectivity index (χ3v) is 4.07. The first-order valence-electron chi connectivity index (χ1n) is 7.03. The lowest BCUT2D eigenvalue weighted by Gasteiger charge is -2.36. The van der Waals surface area contributed by atoms with Crippen molar-refractivity contribution in [2.45, 2.75) is 44.6 Å². The molecule has 0 aromatic heterocycles. The molecule has 0 aromatic rings. The van der Waals surface area contributed by atoms with E-state index in [-0.39, 0.29) is 0 Å².